The predicted octanol–water partition coefficient (Wildman–Crippen LogP) is 0.740. The summed E-state index contributed by atoms with van der Waals surface area (Å²) in [5.41, 5.74) is 3.93. The molecule has 1 amide bonds. The normalized spacial score (nSPS) is 15.2. The van der Waals surface area contributed by atoms with Crippen LogP contribution in [-0.4, -0.2) is 47.0 Å². The minimum Gasteiger partial charge on any atom is -0.380 e. The molecule has 1 aliphatic heterocycles. The second-order valence-corrected chi connectivity index (χ2v) is 7.00. The number of nitrogens with zero attached hydrogens (tertiary/aromatic N) is 6. The fourth-order valence-electron chi connectivity index (χ4n) is 3.03. The minimum absolute atomic E-state index is 0.0884. The average Bonchev–Trinajstić information content (AvgIpc) is 3.33. The summed E-state index contributed by atoms with van der Waals surface area (Å²) in [6.07, 6.45) is 2.93. The van der Waals surface area contributed by atoms with E-state index < -0.39 is 6.10 Å². The van der Waals surface area contributed by atoms with Crippen LogP contribution in [0.25, 0.3) is 0 Å². The van der Waals surface area contributed by atoms with Crippen molar-refractivity contribution in [3.05, 3.63) is 52.0 Å². The second-order valence-electron chi connectivity index (χ2n) is 6.03. The van der Waals surface area contributed by atoms with E-state index in [0.717, 1.165) is 10.6 Å². The second kappa shape index (κ2) is 6.41. The molecule has 3 aromatic rings. The molecule has 1 unspecified atom stereocenters. The summed E-state index contributed by atoms with van der Waals surface area (Å²) in [7, 11) is 1.79. The van der Waals surface area contributed by atoms with Crippen LogP contribution in [-0.2, 0) is 31.4 Å². The Morgan fingerprint density at radius 1 is 1.44 bits per heavy atom. The lowest BCUT2D eigenvalue weighted by Gasteiger charge is -2.27. The number of amides is 1. The molecule has 3 aromatic heterocycles. The van der Waals surface area contributed by atoms with Crippen LogP contribution < -0.4 is 0 Å². The Kier molecular flexibility index (Phi) is 4.10. The molecule has 4 rings (SSSR count). The molecule has 0 fully saturated rings. The molecule has 0 saturated heterocycles. The smallest absolute Gasteiger partial charge is 0.228 e. The van der Waals surface area contributed by atoms with Gasteiger partial charge in [0.25, 0.3) is 0 Å². The van der Waals surface area contributed by atoms with Crippen LogP contribution in [0.5, 0.6) is 0 Å². The zero-order chi connectivity index (χ0) is 17.4. The molecule has 4 heterocycles. The van der Waals surface area contributed by atoms with E-state index in [1.807, 2.05) is 15.6 Å². The third-order valence-electron chi connectivity index (χ3n) is 4.40. The Labute approximate surface area is 148 Å². The molecule has 1 N–H and O–H groups in total. The highest BCUT2D eigenvalue weighted by Crippen LogP contribution is 2.23. The van der Waals surface area contributed by atoms with Crippen molar-refractivity contribution in [2.24, 2.45) is 7.05 Å². The van der Waals surface area contributed by atoms with Gasteiger partial charge in [0, 0.05) is 30.9 Å². The maximum absolute atomic E-state index is 12.5. The fraction of sp³-hybridized carbons (Fsp3) is 0.375. The molecule has 1 atom stereocenters. The molecule has 130 valence electrons. The van der Waals surface area contributed by atoms with E-state index in [9.17, 15) is 9.90 Å². The maximum Gasteiger partial charge on any atom is 0.228 e. The van der Waals surface area contributed by atoms with Crippen molar-refractivity contribution in [2.75, 3.05) is 6.54 Å². The Morgan fingerprint density at radius 3 is 3.04 bits per heavy atom. The van der Waals surface area contributed by atoms with E-state index >= 15 is 0 Å². The quantitative estimate of drug-likeness (QED) is 0.743. The topological polar surface area (TPSA) is 89.1 Å². The van der Waals surface area contributed by atoms with Crippen molar-refractivity contribution < 1.29 is 9.90 Å². The monoisotopic (exact) mass is 358 g/mol. The molecule has 0 radical (unpaired) electrons. The molecule has 9 heteroatoms. The summed E-state index contributed by atoms with van der Waals surface area (Å²) in [6, 6.07) is 3.64. The number of carbonyl (C=O) groups is 1. The molecule has 0 saturated carbocycles. The minimum atomic E-state index is -0.827. The summed E-state index contributed by atoms with van der Waals surface area (Å²) in [6.45, 7) is 1.75. The highest BCUT2D eigenvalue weighted by Gasteiger charge is 2.25. The number of hydrogen-bond donors (Lipinski definition) is 1. The molecule has 0 spiro atoms. The first kappa shape index (κ1) is 16.0. The third-order valence-corrected chi connectivity index (χ3v) is 5.18. The zero-order valence-corrected chi connectivity index (χ0v) is 14.6. The van der Waals surface area contributed by atoms with E-state index in [1.54, 1.807) is 35.7 Å². The van der Waals surface area contributed by atoms with Gasteiger partial charge in [-0.1, -0.05) is 0 Å². The standard InChI is InChI=1S/C16H18N6O2S/c1-20-14(2-3-18-20)16(24)13-6-11-9-21(4-5-22(11)19-13)15(23)7-12-8-17-10-25-12/h2-3,6,8,10,16,24H,4-5,7,9H2,1H3. The summed E-state index contributed by atoms with van der Waals surface area (Å²) in [5.74, 6) is 0.0884. The van der Waals surface area contributed by atoms with Crippen molar-refractivity contribution in [1.82, 2.24) is 29.4 Å². The third kappa shape index (κ3) is 3.08. The molecule has 1 aliphatic rings. The van der Waals surface area contributed by atoms with Crippen LogP contribution >= 0.6 is 11.3 Å². The highest BCUT2D eigenvalue weighted by atomic mass is 32.1. The van der Waals surface area contributed by atoms with Crippen molar-refractivity contribution in [3.63, 3.8) is 0 Å². The van der Waals surface area contributed by atoms with Crippen molar-refractivity contribution in [1.29, 1.82) is 0 Å². The van der Waals surface area contributed by atoms with E-state index in [2.05, 4.69) is 15.2 Å². The van der Waals surface area contributed by atoms with Crippen molar-refractivity contribution in [3.8, 4) is 0 Å². The van der Waals surface area contributed by atoms with Gasteiger partial charge < -0.3 is 10.0 Å². The molecule has 8 nitrogen and oxygen atoms in total. The first-order valence-corrected chi connectivity index (χ1v) is 8.87. The molecular weight excluding hydrogens is 340 g/mol. The molecule has 0 bridgehead atoms. The van der Waals surface area contributed by atoms with Crippen LogP contribution in [0.3, 0.4) is 0 Å². The van der Waals surface area contributed by atoms with Gasteiger partial charge in [0.15, 0.2) is 0 Å². The van der Waals surface area contributed by atoms with Gasteiger partial charge in [0.2, 0.25) is 5.91 Å². The van der Waals surface area contributed by atoms with Gasteiger partial charge in [-0.3, -0.25) is 19.1 Å². The van der Waals surface area contributed by atoms with Crippen molar-refractivity contribution in [2.45, 2.75) is 25.6 Å². The van der Waals surface area contributed by atoms with Gasteiger partial charge >= 0.3 is 0 Å². The van der Waals surface area contributed by atoms with Crippen LogP contribution in [0, 0.1) is 0 Å². The Balaban J connectivity index is 1.49. The lowest BCUT2D eigenvalue weighted by Crippen LogP contribution is -2.39. The van der Waals surface area contributed by atoms with E-state index in [-0.39, 0.29) is 5.91 Å². The average molecular weight is 358 g/mol. The maximum atomic E-state index is 12.5. The van der Waals surface area contributed by atoms with Gasteiger partial charge in [-0.25, -0.2) is 0 Å². The molecular formula is C16H18N6O2S. The van der Waals surface area contributed by atoms with Crippen LogP contribution in [0.15, 0.2) is 30.0 Å². The van der Waals surface area contributed by atoms with Crippen molar-refractivity contribution >= 4 is 17.2 Å². The van der Waals surface area contributed by atoms with E-state index in [4.69, 9.17) is 0 Å². The van der Waals surface area contributed by atoms with Gasteiger partial charge in [0.05, 0.1) is 42.1 Å². The molecule has 0 aromatic carbocycles. The summed E-state index contributed by atoms with van der Waals surface area (Å²) < 4.78 is 3.50. The first-order chi connectivity index (χ1) is 12.1. The summed E-state index contributed by atoms with van der Waals surface area (Å²) in [4.78, 5) is 19.3. The number of thiazole rings is 1. The van der Waals surface area contributed by atoms with Crippen LogP contribution in [0.4, 0.5) is 0 Å². The van der Waals surface area contributed by atoms with Crippen LogP contribution in [0.2, 0.25) is 0 Å². The number of aryl methyl sites for hydroxylation is 1. The van der Waals surface area contributed by atoms with Crippen LogP contribution in [0.1, 0.15) is 28.1 Å². The van der Waals surface area contributed by atoms with Gasteiger partial charge in [-0.2, -0.15) is 10.2 Å². The number of aliphatic hydroxyl groups excluding tert-OH is 1. The number of aromatic nitrogens is 5. The van der Waals surface area contributed by atoms with E-state index in [1.165, 1.54) is 11.3 Å². The largest absolute Gasteiger partial charge is 0.380 e. The SMILES string of the molecule is Cn1nccc1C(O)c1cc2n(n1)CCN(C(=O)Cc1cncs1)C2. The Morgan fingerprint density at radius 2 is 2.32 bits per heavy atom. The lowest BCUT2D eigenvalue weighted by atomic mass is 10.1. The van der Waals surface area contributed by atoms with Gasteiger partial charge in [-0.05, 0) is 12.1 Å². The number of hydrogen-bond acceptors (Lipinski definition) is 6. The Hall–Kier alpha value is -2.52. The van der Waals surface area contributed by atoms with Gasteiger partial charge in [-0.15, -0.1) is 11.3 Å². The molecule has 25 heavy (non-hydrogen) atoms. The predicted molar refractivity (Wildman–Crippen MR) is 90.7 cm³/mol. The summed E-state index contributed by atoms with van der Waals surface area (Å²) in [5, 5.41) is 19.1. The molecule has 0 aliphatic carbocycles. The summed E-state index contributed by atoms with van der Waals surface area (Å²) >= 11 is 1.49. The Bertz CT molecular complexity index is 884. The first-order valence-electron chi connectivity index (χ1n) is 7.99. The number of carbonyl (C=O) groups excluding carboxylic acids is 1. The lowest BCUT2D eigenvalue weighted by molar-refractivity contribution is -0.131. The fourth-order valence-corrected chi connectivity index (χ4v) is 3.61. The number of fused-ring (bicyclic) bond motifs is 1. The zero-order valence-electron chi connectivity index (χ0n) is 13.7. The number of aliphatic hydroxyl groups is 1. The van der Waals surface area contributed by atoms with E-state index in [0.29, 0.717) is 37.4 Å². The number of rotatable bonds is 4. The highest BCUT2D eigenvalue weighted by molar-refractivity contribution is 7.09. The van der Waals surface area contributed by atoms with Gasteiger partial charge in [0.1, 0.15) is 6.10 Å².